The van der Waals surface area contributed by atoms with Gasteiger partial charge in [0.25, 0.3) is 0 Å². The lowest BCUT2D eigenvalue weighted by Crippen LogP contribution is -2.31. The first kappa shape index (κ1) is 30.8. The number of halogens is 1. The Hall–Kier alpha value is -3.28. The average molecular weight is 506 g/mol. The Balaban J connectivity index is 0.00000316. The van der Waals surface area contributed by atoms with Crippen LogP contribution in [0.5, 0.6) is 0 Å². The predicted molar refractivity (Wildman–Crippen MR) is 156 cm³/mol. The Labute approximate surface area is 222 Å². The van der Waals surface area contributed by atoms with E-state index in [0.29, 0.717) is 22.2 Å². The quantitative estimate of drug-likeness (QED) is 0.305. The molecule has 6 heteroatoms. The third kappa shape index (κ3) is 9.06. The van der Waals surface area contributed by atoms with Crippen molar-refractivity contribution < 1.29 is 0 Å². The first-order valence-corrected chi connectivity index (χ1v) is 12.5. The van der Waals surface area contributed by atoms with Crippen LogP contribution in [0.15, 0.2) is 91.6 Å². The molecule has 2 aromatic rings. The van der Waals surface area contributed by atoms with Crippen LogP contribution in [0, 0.1) is 6.92 Å². The molecule has 0 aromatic carbocycles. The van der Waals surface area contributed by atoms with E-state index in [4.69, 9.17) is 17.3 Å². The summed E-state index contributed by atoms with van der Waals surface area (Å²) in [6, 6.07) is 3.79. The van der Waals surface area contributed by atoms with Gasteiger partial charge < -0.3 is 11.1 Å². The first-order chi connectivity index (χ1) is 17.1. The van der Waals surface area contributed by atoms with Gasteiger partial charge in [-0.05, 0) is 87.2 Å². The topological polar surface area (TPSA) is 76.7 Å². The summed E-state index contributed by atoms with van der Waals surface area (Å²) < 4.78 is 0. The number of rotatable bonds is 11. The van der Waals surface area contributed by atoms with Crippen molar-refractivity contribution in [3.05, 3.63) is 109 Å². The minimum absolute atomic E-state index is 0.552. The number of aryl methyl sites for hydroxylation is 1. The maximum Gasteiger partial charge on any atom is 0.148 e. The van der Waals surface area contributed by atoms with E-state index >= 15 is 0 Å². The van der Waals surface area contributed by atoms with Crippen molar-refractivity contribution in [2.45, 2.75) is 59.9 Å². The highest BCUT2D eigenvalue weighted by Gasteiger charge is 2.19. The zero-order chi connectivity index (χ0) is 27.3. The summed E-state index contributed by atoms with van der Waals surface area (Å²) in [6.07, 6.45) is 14.3. The summed E-state index contributed by atoms with van der Waals surface area (Å²) in [7, 11) is 0. The van der Waals surface area contributed by atoms with Crippen molar-refractivity contribution in [3.8, 4) is 11.4 Å². The molecule has 0 saturated heterocycles. The van der Waals surface area contributed by atoms with Gasteiger partial charge in [0.05, 0.1) is 22.0 Å². The van der Waals surface area contributed by atoms with Gasteiger partial charge in [-0.15, -0.1) is 0 Å². The van der Waals surface area contributed by atoms with Gasteiger partial charge in [-0.3, -0.25) is 4.98 Å². The molecule has 36 heavy (non-hydrogen) atoms. The highest BCUT2D eigenvalue weighted by atomic mass is 35.5. The highest BCUT2D eigenvalue weighted by Crippen LogP contribution is 2.32. The molecular formula is C30H40ClN5. The van der Waals surface area contributed by atoms with Gasteiger partial charge in [0, 0.05) is 18.1 Å². The fraction of sp³-hybridized carbons (Fsp3) is 0.300. The smallest absolute Gasteiger partial charge is 0.148 e. The van der Waals surface area contributed by atoms with Crippen LogP contribution in [0.25, 0.3) is 16.4 Å². The summed E-state index contributed by atoms with van der Waals surface area (Å²) in [5.74, 6) is 0.552. The average Bonchev–Trinajstić information content (AvgIpc) is 2.86. The minimum Gasteiger partial charge on any atom is -0.366 e. The van der Waals surface area contributed by atoms with Crippen molar-refractivity contribution >= 4 is 16.6 Å². The third-order valence-corrected chi connectivity index (χ3v) is 5.56. The molecule has 0 aliphatic carbocycles. The fourth-order valence-corrected chi connectivity index (χ4v) is 3.63. The molecule has 2 rings (SSSR count). The largest absolute Gasteiger partial charge is 0.366 e. The Morgan fingerprint density at radius 1 is 1.14 bits per heavy atom. The molecule has 192 valence electrons. The van der Waals surface area contributed by atoms with Gasteiger partial charge in [0.15, 0.2) is 0 Å². The van der Waals surface area contributed by atoms with Gasteiger partial charge >= 0.3 is 0 Å². The molecule has 0 fully saturated rings. The molecule has 3 N–H and O–H groups in total. The standard InChI is InChI=1S/C28H34ClN5.C2H6/c1-8-11-21(9-2)12-13-22(16-20(5)31-10-3)26(29)23-17-25(33-18-19(23)4)24-14-15-32-27(34-24)28(6,7)30;1-2/h8-11,14-18,31H,1-3,12-13,30H2,4-7H3;1-2H3/b20-16-,21-11+,26-22+;. The molecule has 0 aliphatic rings. The zero-order valence-corrected chi connectivity index (χ0v) is 23.3. The molecule has 0 amide bonds. The summed E-state index contributed by atoms with van der Waals surface area (Å²) in [5, 5.41) is 3.78. The molecule has 0 aliphatic heterocycles. The van der Waals surface area contributed by atoms with Crippen LogP contribution < -0.4 is 11.1 Å². The van der Waals surface area contributed by atoms with Crippen LogP contribution in [0.2, 0.25) is 0 Å². The number of nitrogens with one attached hydrogen (secondary N) is 1. The normalized spacial score (nSPS) is 12.7. The van der Waals surface area contributed by atoms with E-state index in [2.05, 4.69) is 40.0 Å². The molecule has 0 unspecified atom stereocenters. The van der Waals surface area contributed by atoms with Gasteiger partial charge in [-0.25, -0.2) is 9.97 Å². The number of pyridine rings is 1. The number of hydrogen-bond donors (Lipinski definition) is 2. The minimum atomic E-state index is -0.656. The number of allylic oxidation sites excluding steroid dienone is 7. The second-order valence-corrected chi connectivity index (χ2v) is 8.95. The Kier molecular flexibility index (Phi) is 12.8. The van der Waals surface area contributed by atoms with Crippen LogP contribution in [0.3, 0.4) is 0 Å². The van der Waals surface area contributed by atoms with E-state index in [-0.39, 0.29) is 0 Å². The maximum absolute atomic E-state index is 7.02. The first-order valence-electron chi connectivity index (χ1n) is 12.1. The summed E-state index contributed by atoms with van der Waals surface area (Å²) >= 11 is 7.02. The number of nitrogens with zero attached hydrogens (tertiary/aromatic N) is 3. The Morgan fingerprint density at radius 2 is 1.83 bits per heavy atom. The zero-order valence-electron chi connectivity index (χ0n) is 22.5. The van der Waals surface area contributed by atoms with Gasteiger partial charge in [0.1, 0.15) is 5.82 Å². The van der Waals surface area contributed by atoms with E-state index in [1.807, 2.05) is 78.1 Å². The molecule has 5 nitrogen and oxygen atoms in total. The van der Waals surface area contributed by atoms with Crippen LogP contribution >= 0.6 is 11.6 Å². The molecule has 2 aromatic heterocycles. The van der Waals surface area contributed by atoms with E-state index in [9.17, 15) is 0 Å². The van der Waals surface area contributed by atoms with Gasteiger partial charge in [-0.1, -0.05) is 63.4 Å². The summed E-state index contributed by atoms with van der Waals surface area (Å²) in [5.41, 5.74) is 11.8. The number of nitrogens with two attached hydrogens (primary N) is 1. The third-order valence-electron chi connectivity index (χ3n) is 5.11. The maximum atomic E-state index is 7.02. The Bertz CT molecular complexity index is 1150. The Morgan fingerprint density at radius 3 is 2.42 bits per heavy atom. The molecule has 2 heterocycles. The van der Waals surface area contributed by atoms with Crippen molar-refractivity contribution in [2.75, 3.05) is 0 Å². The highest BCUT2D eigenvalue weighted by molar-refractivity contribution is 6.49. The molecule has 0 saturated carbocycles. The second kappa shape index (κ2) is 15.0. The van der Waals surface area contributed by atoms with Crippen LogP contribution in [-0.4, -0.2) is 15.0 Å². The van der Waals surface area contributed by atoms with E-state index in [0.717, 1.165) is 40.8 Å². The summed E-state index contributed by atoms with van der Waals surface area (Å²) in [4.78, 5) is 13.5. The van der Waals surface area contributed by atoms with Crippen molar-refractivity contribution in [1.82, 2.24) is 20.3 Å². The predicted octanol–water partition coefficient (Wildman–Crippen LogP) is 7.73. The van der Waals surface area contributed by atoms with Gasteiger partial charge in [0.2, 0.25) is 0 Å². The lowest BCUT2D eigenvalue weighted by atomic mass is 9.99. The fourth-order valence-electron chi connectivity index (χ4n) is 3.28. The van der Waals surface area contributed by atoms with E-state index < -0.39 is 5.54 Å². The molecule has 0 bridgehead atoms. The van der Waals surface area contributed by atoms with E-state index in [1.165, 1.54) is 0 Å². The van der Waals surface area contributed by atoms with Gasteiger partial charge in [-0.2, -0.15) is 0 Å². The lowest BCUT2D eigenvalue weighted by Gasteiger charge is -2.17. The number of aromatic nitrogens is 3. The molecule has 0 radical (unpaired) electrons. The molecular weight excluding hydrogens is 466 g/mol. The molecule has 0 atom stereocenters. The van der Waals surface area contributed by atoms with E-state index in [1.54, 1.807) is 18.5 Å². The van der Waals surface area contributed by atoms with Crippen molar-refractivity contribution in [1.29, 1.82) is 0 Å². The monoisotopic (exact) mass is 505 g/mol. The molecule has 0 spiro atoms. The van der Waals surface area contributed by atoms with Crippen LogP contribution in [0.1, 0.15) is 64.4 Å². The number of hydrogen-bond acceptors (Lipinski definition) is 5. The van der Waals surface area contributed by atoms with Crippen LogP contribution in [-0.2, 0) is 5.54 Å². The second-order valence-electron chi connectivity index (χ2n) is 8.57. The summed E-state index contributed by atoms with van der Waals surface area (Å²) in [6.45, 7) is 23.1. The van der Waals surface area contributed by atoms with Crippen LogP contribution in [0.4, 0.5) is 0 Å². The van der Waals surface area contributed by atoms with Crippen molar-refractivity contribution in [2.24, 2.45) is 5.73 Å². The van der Waals surface area contributed by atoms with Crippen molar-refractivity contribution in [3.63, 3.8) is 0 Å². The lowest BCUT2D eigenvalue weighted by molar-refractivity contribution is 0.514. The SMILES string of the molecule is C=C/C=C(\C=C)CCC(/C=C(/C)NC=C)=C(\Cl)c1cc(-c2ccnc(C(C)(C)N)n2)ncc1C.CC.